The lowest BCUT2D eigenvalue weighted by Gasteiger charge is -2.38. The van der Waals surface area contributed by atoms with E-state index < -0.39 is 0 Å². The van der Waals surface area contributed by atoms with Gasteiger partial charge in [-0.3, -0.25) is 4.79 Å². The number of rotatable bonds is 4. The van der Waals surface area contributed by atoms with Gasteiger partial charge in [0.15, 0.2) is 0 Å². The summed E-state index contributed by atoms with van der Waals surface area (Å²) in [5, 5.41) is 0. The molecule has 4 nitrogen and oxygen atoms in total. The predicted molar refractivity (Wildman–Crippen MR) is 83.6 cm³/mol. The van der Waals surface area contributed by atoms with Crippen LogP contribution >= 0.6 is 0 Å². The van der Waals surface area contributed by atoms with E-state index in [0.717, 1.165) is 11.3 Å². The van der Waals surface area contributed by atoms with E-state index in [1.807, 2.05) is 37.3 Å². The summed E-state index contributed by atoms with van der Waals surface area (Å²) in [6.45, 7) is 2.26. The fraction of sp³-hybridized carbons (Fsp3) is 0.222. The van der Waals surface area contributed by atoms with Crippen LogP contribution in [0.15, 0.2) is 54.6 Å². The standard InChI is InChI=1S/C18H17NO3/c1-13-11-17(20)19(13)16-9-7-15(8-10-16)18(21)22-12-14-5-3-2-4-6-14/h2-10,13H,11-12H2,1H3. The van der Waals surface area contributed by atoms with Crippen LogP contribution in [0.5, 0.6) is 0 Å². The second-order valence-electron chi connectivity index (χ2n) is 5.43. The Labute approximate surface area is 129 Å². The molecular formula is C18H17NO3. The van der Waals surface area contributed by atoms with Crippen molar-refractivity contribution in [1.29, 1.82) is 0 Å². The number of anilines is 1. The van der Waals surface area contributed by atoms with E-state index in [0.29, 0.717) is 12.0 Å². The fourth-order valence-corrected chi connectivity index (χ4v) is 2.54. The average molecular weight is 295 g/mol. The third-order valence-corrected chi connectivity index (χ3v) is 3.77. The molecule has 1 amide bonds. The van der Waals surface area contributed by atoms with Crippen LogP contribution in [-0.2, 0) is 16.1 Å². The first-order valence-corrected chi connectivity index (χ1v) is 7.28. The van der Waals surface area contributed by atoms with Gasteiger partial charge in [0.1, 0.15) is 6.61 Å². The molecule has 0 aromatic heterocycles. The summed E-state index contributed by atoms with van der Waals surface area (Å²) >= 11 is 0. The fourth-order valence-electron chi connectivity index (χ4n) is 2.54. The maximum Gasteiger partial charge on any atom is 0.338 e. The first kappa shape index (κ1) is 14.3. The molecule has 1 saturated heterocycles. The van der Waals surface area contributed by atoms with Crippen molar-refractivity contribution in [2.24, 2.45) is 0 Å². The predicted octanol–water partition coefficient (Wildman–Crippen LogP) is 3.17. The zero-order valence-electron chi connectivity index (χ0n) is 12.4. The van der Waals surface area contributed by atoms with Crippen molar-refractivity contribution in [1.82, 2.24) is 0 Å². The first-order valence-electron chi connectivity index (χ1n) is 7.28. The zero-order valence-corrected chi connectivity index (χ0v) is 12.4. The highest BCUT2D eigenvalue weighted by atomic mass is 16.5. The minimum atomic E-state index is -0.363. The minimum Gasteiger partial charge on any atom is -0.457 e. The van der Waals surface area contributed by atoms with Crippen LogP contribution in [0.1, 0.15) is 29.3 Å². The van der Waals surface area contributed by atoms with Crippen LogP contribution in [0.4, 0.5) is 5.69 Å². The molecule has 0 bridgehead atoms. The summed E-state index contributed by atoms with van der Waals surface area (Å²) in [7, 11) is 0. The largest absolute Gasteiger partial charge is 0.457 e. The van der Waals surface area contributed by atoms with Crippen molar-refractivity contribution in [2.45, 2.75) is 26.0 Å². The lowest BCUT2D eigenvalue weighted by atomic mass is 10.0. The highest BCUT2D eigenvalue weighted by molar-refractivity contribution is 6.01. The number of ether oxygens (including phenoxy) is 1. The van der Waals surface area contributed by atoms with Gasteiger partial charge in [-0.05, 0) is 36.8 Å². The maximum absolute atomic E-state index is 12.0. The van der Waals surface area contributed by atoms with Gasteiger partial charge in [0, 0.05) is 18.2 Å². The number of hydrogen-bond acceptors (Lipinski definition) is 3. The molecule has 0 N–H and O–H groups in total. The molecule has 1 aliphatic rings. The second-order valence-corrected chi connectivity index (χ2v) is 5.43. The second kappa shape index (κ2) is 6.02. The van der Waals surface area contributed by atoms with Crippen LogP contribution in [0.3, 0.4) is 0 Å². The van der Waals surface area contributed by atoms with Crippen LogP contribution in [0.25, 0.3) is 0 Å². The first-order chi connectivity index (χ1) is 10.6. The molecule has 112 valence electrons. The van der Waals surface area contributed by atoms with Crippen LogP contribution in [0.2, 0.25) is 0 Å². The normalized spacial score (nSPS) is 17.0. The Kier molecular flexibility index (Phi) is 3.92. The third kappa shape index (κ3) is 2.86. The number of hydrogen-bond donors (Lipinski definition) is 0. The molecule has 4 heteroatoms. The van der Waals surface area contributed by atoms with Crippen molar-refractivity contribution in [3.8, 4) is 0 Å². The van der Waals surface area contributed by atoms with E-state index in [-0.39, 0.29) is 24.5 Å². The maximum atomic E-state index is 12.0. The number of β-lactam (4-membered cyclic amide) rings is 1. The number of esters is 1. The smallest absolute Gasteiger partial charge is 0.338 e. The summed E-state index contributed by atoms with van der Waals surface area (Å²) in [6.07, 6.45) is 0.584. The van der Waals surface area contributed by atoms with Crippen molar-refractivity contribution in [3.05, 3.63) is 65.7 Å². The van der Waals surface area contributed by atoms with Gasteiger partial charge in [-0.2, -0.15) is 0 Å². The molecule has 1 unspecified atom stereocenters. The molecule has 2 aromatic rings. The zero-order chi connectivity index (χ0) is 15.5. The Morgan fingerprint density at radius 1 is 1.14 bits per heavy atom. The molecule has 0 saturated carbocycles. The number of carbonyl (C=O) groups is 2. The summed E-state index contributed by atoms with van der Waals surface area (Å²) in [5.74, 6) is -0.245. The van der Waals surface area contributed by atoms with E-state index >= 15 is 0 Å². The Hall–Kier alpha value is -2.62. The van der Waals surface area contributed by atoms with Gasteiger partial charge in [0.25, 0.3) is 0 Å². The number of benzene rings is 2. The Balaban J connectivity index is 1.62. The third-order valence-electron chi connectivity index (χ3n) is 3.77. The summed E-state index contributed by atoms with van der Waals surface area (Å²) < 4.78 is 5.28. The Morgan fingerprint density at radius 3 is 2.41 bits per heavy atom. The highest BCUT2D eigenvalue weighted by Crippen LogP contribution is 2.27. The molecule has 1 heterocycles. The lowest BCUT2D eigenvalue weighted by Crippen LogP contribution is -2.51. The van der Waals surface area contributed by atoms with Gasteiger partial charge in [0.2, 0.25) is 5.91 Å². The van der Waals surface area contributed by atoms with E-state index in [9.17, 15) is 9.59 Å². The van der Waals surface area contributed by atoms with Gasteiger partial charge in [-0.1, -0.05) is 30.3 Å². The average Bonchev–Trinajstić information content (AvgIpc) is 2.54. The van der Waals surface area contributed by atoms with Crippen LogP contribution < -0.4 is 4.90 Å². The SMILES string of the molecule is CC1CC(=O)N1c1ccc(C(=O)OCc2ccccc2)cc1. The minimum absolute atomic E-state index is 0.118. The number of amides is 1. The van der Waals surface area contributed by atoms with Crippen molar-refractivity contribution in [3.63, 3.8) is 0 Å². The van der Waals surface area contributed by atoms with Gasteiger partial charge < -0.3 is 9.64 Å². The van der Waals surface area contributed by atoms with E-state index in [1.54, 1.807) is 29.2 Å². The molecule has 1 fully saturated rings. The molecule has 3 rings (SSSR count). The van der Waals surface area contributed by atoms with Crippen molar-refractivity contribution < 1.29 is 14.3 Å². The molecule has 0 radical (unpaired) electrons. The molecule has 2 aromatic carbocycles. The molecule has 22 heavy (non-hydrogen) atoms. The molecule has 1 atom stereocenters. The van der Waals surface area contributed by atoms with Gasteiger partial charge in [-0.15, -0.1) is 0 Å². The van der Waals surface area contributed by atoms with Gasteiger partial charge >= 0.3 is 5.97 Å². The number of carbonyl (C=O) groups excluding carboxylic acids is 2. The molecule has 0 aliphatic carbocycles. The molecule has 0 spiro atoms. The van der Waals surface area contributed by atoms with E-state index in [2.05, 4.69) is 0 Å². The quantitative estimate of drug-likeness (QED) is 0.643. The van der Waals surface area contributed by atoms with Crippen LogP contribution in [-0.4, -0.2) is 17.9 Å². The van der Waals surface area contributed by atoms with Crippen molar-refractivity contribution in [2.75, 3.05) is 4.90 Å². The van der Waals surface area contributed by atoms with E-state index in [1.165, 1.54) is 0 Å². The summed E-state index contributed by atoms with van der Waals surface area (Å²) in [4.78, 5) is 25.3. The number of nitrogens with zero attached hydrogens (tertiary/aromatic N) is 1. The van der Waals surface area contributed by atoms with E-state index in [4.69, 9.17) is 4.74 Å². The summed E-state index contributed by atoms with van der Waals surface area (Å²) in [6, 6.07) is 16.7. The molecular weight excluding hydrogens is 278 g/mol. The van der Waals surface area contributed by atoms with Crippen LogP contribution in [0, 0.1) is 0 Å². The monoisotopic (exact) mass is 295 g/mol. The Bertz CT molecular complexity index is 679. The summed E-state index contributed by atoms with van der Waals surface area (Å²) in [5.41, 5.74) is 2.26. The lowest BCUT2D eigenvalue weighted by molar-refractivity contribution is -0.123. The highest BCUT2D eigenvalue weighted by Gasteiger charge is 2.33. The Morgan fingerprint density at radius 2 is 1.82 bits per heavy atom. The topological polar surface area (TPSA) is 46.6 Å². The van der Waals surface area contributed by atoms with Crippen molar-refractivity contribution >= 4 is 17.6 Å². The van der Waals surface area contributed by atoms with Gasteiger partial charge in [0.05, 0.1) is 5.56 Å². The van der Waals surface area contributed by atoms with Gasteiger partial charge in [-0.25, -0.2) is 4.79 Å². The molecule has 1 aliphatic heterocycles.